The molecule has 152 valence electrons. The Labute approximate surface area is 175 Å². The highest BCUT2D eigenvalue weighted by molar-refractivity contribution is 5.74. The number of hydrogen-bond donors (Lipinski definition) is 1. The molecule has 0 radical (unpaired) electrons. The fourth-order valence-corrected chi connectivity index (χ4v) is 4.69. The van der Waals surface area contributed by atoms with Gasteiger partial charge >= 0.3 is 0 Å². The van der Waals surface area contributed by atoms with Gasteiger partial charge in [0.2, 0.25) is 0 Å². The van der Waals surface area contributed by atoms with Gasteiger partial charge in [-0.15, -0.1) is 0 Å². The predicted octanol–water partition coefficient (Wildman–Crippen LogP) is 3.30. The minimum Gasteiger partial charge on any atom is -0.482 e. The number of fused-ring (bicyclic) bond motifs is 7. The van der Waals surface area contributed by atoms with Crippen LogP contribution in [0.5, 0.6) is 5.75 Å². The molecule has 1 saturated heterocycles. The van der Waals surface area contributed by atoms with Crippen LogP contribution in [-0.4, -0.2) is 32.8 Å². The van der Waals surface area contributed by atoms with Crippen LogP contribution in [0, 0.1) is 18.3 Å². The van der Waals surface area contributed by atoms with Crippen molar-refractivity contribution in [3.63, 3.8) is 0 Å². The van der Waals surface area contributed by atoms with Crippen molar-refractivity contribution in [1.82, 2.24) is 19.7 Å². The number of anilines is 1. The van der Waals surface area contributed by atoms with E-state index in [1.807, 2.05) is 13.0 Å². The van der Waals surface area contributed by atoms with Gasteiger partial charge in [-0.05, 0) is 38.1 Å². The van der Waals surface area contributed by atoms with E-state index in [0.717, 1.165) is 23.2 Å². The van der Waals surface area contributed by atoms with Crippen molar-refractivity contribution in [2.75, 3.05) is 12.8 Å². The highest BCUT2D eigenvalue weighted by Gasteiger charge is 2.47. The maximum absolute atomic E-state index is 9.77. The first-order valence-corrected chi connectivity index (χ1v) is 10.1. The van der Waals surface area contributed by atoms with Crippen molar-refractivity contribution in [2.24, 2.45) is 7.05 Å². The van der Waals surface area contributed by atoms with Crippen LogP contribution in [-0.2, 0) is 13.5 Å². The molecule has 1 fully saturated rings. The Bertz CT molecular complexity index is 1210. The lowest BCUT2D eigenvalue weighted by atomic mass is 9.94. The van der Waals surface area contributed by atoms with Crippen LogP contribution in [0.15, 0.2) is 30.5 Å². The normalized spacial score (nSPS) is 24.2. The molecule has 7 nitrogen and oxygen atoms in total. The summed E-state index contributed by atoms with van der Waals surface area (Å²) < 4.78 is 7.97. The van der Waals surface area contributed by atoms with Crippen molar-refractivity contribution in [2.45, 2.75) is 38.5 Å². The second kappa shape index (κ2) is 6.57. The molecule has 30 heavy (non-hydrogen) atoms. The summed E-state index contributed by atoms with van der Waals surface area (Å²) in [7, 11) is 3.94. The summed E-state index contributed by atoms with van der Waals surface area (Å²) >= 11 is 0. The average Bonchev–Trinajstić information content (AvgIpc) is 3.21. The summed E-state index contributed by atoms with van der Waals surface area (Å²) in [5.74, 6) is 0.856. The van der Waals surface area contributed by atoms with E-state index < -0.39 is 0 Å². The standard InChI is InChI=1S/C23H24N6O/c1-12-5-6-15-16(7-12)13(2)30-20-8-14(11-26-23(20)25)21-17(9-18-22(15)28(18)3)27-29(4)19(21)10-24/h5-8,11,13,18,22H,9H2,1-4H3,(H2,25,26)/t13-,18?,22?,28?/m1/s1. The fraction of sp³-hybridized carbons (Fsp3) is 0.348. The van der Waals surface area contributed by atoms with Gasteiger partial charge in [-0.25, -0.2) is 4.98 Å². The number of hydrogen-bond acceptors (Lipinski definition) is 6. The molecule has 2 aromatic heterocycles. The topological polar surface area (TPSA) is 92.8 Å². The number of aryl methyl sites for hydroxylation is 2. The number of ether oxygens (including phenoxy) is 1. The third kappa shape index (κ3) is 2.76. The largest absolute Gasteiger partial charge is 0.482 e. The fourth-order valence-electron chi connectivity index (χ4n) is 4.69. The van der Waals surface area contributed by atoms with Crippen LogP contribution < -0.4 is 10.5 Å². The second-order valence-corrected chi connectivity index (χ2v) is 8.29. The van der Waals surface area contributed by atoms with Gasteiger partial charge in [0.15, 0.2) is 11.6 Å². The molecule has 5 rings (SSSR count). The molecule has 4 heterocycles. The molecular formula is C23H24N6O. The minimum absolute atomic E-state index is 0.183. The first kappa shape index (κ1) is 18.6. The van der Waals surface area contributed by atoms with Crippen LogP contribution in [0.25, 0.3) is 11.1 Å². The van der Waals surface area contributed by atoms with E-state index >= 15 is 0 Å². The molecule has 7 heteroatoms. The Morgan fingerprint density at radius 2 is 2.03 bits per heavy atom. The average molecular weight is 400 g/mol. The van der Waals surface area contributed by atoms with Crippen LogP contribution in [0.2, 0.25) is 0 Å². The molecular weight excluding hydrogens is 376 g/mol. The van der Waals surface area contributed by atoms with E-state index in [4.69, 9.17) is 10.5 Å². The highest BCUT2D eigenvalue weighted by atomic mass is 16.5. The van der Waals surface area contributed by atoms with E-state index in [9.17, 15) is 5.26 Å². The Kier molecular flexibility index (Phi) is 4.09. The first-order chi connectivity index (χ1) is 14.4. The maximum atomic E-state index is 9.77. The van der Waals surface area contributed by atoms with Gasteiger partial charge in [0.1, 0.15) is 17.9 Å². The van der Waals surface area contributed by atoms with Crippen LogP contribution in [0.3, 0.4) is 0 Å². The Hall–Kier alpha value is -3.37. The molecule has 0 amide bonds. The number of aromatic nitrogens is 3. The Morgan fingerprint density at radius 1 is 1.23 bits per heavy atom. The molecule has 4 atom stereocenters. The lowest BCUT2D eigenvalue weighted by Gasteiger charge is -2.21. The van der Waals surface area contributed by atoms with Crippen molar-refractivity contribution in [3.05, 3.63) is 58.5 Å². The zero-order valence-electron chi connectivity index (χ0n) is 17.5. The molecule has 0 saturated carbocycles. The van der Waals surface area contributed by atoms with Crippen molar-refractivity contribution in [1.29, 1.82) is 5.26 Å². The molecule has 2 aliphatic rings. The Balaban J connectivity index is 1.74. The molecule has 2 bridgehead atoms. The van der Waals surface area contributed by atoms with E-state index in [2.05, 4.69) is 53.2 Å². The number of likely N-dealkylation sites (N-methyl/N-ethyl adjacent to an activating group) is 1. The maximum Gasteiger partial charge on any atom is 0.166 e. The van der Waals surface area contributed by atoms with Gasteiger partial charge in [0.25, 0.3) is 0 Å². The lowest BCUT2D eigenvalue weighted by Crippen LogP contribution is -2.10. The van der Waals surface area contributed by atoms with Gasteiger partial charge in [0, 0.05) is 36.8 Å². The van der Waals surface area contributed by atoms with Gasteiger partial charge in [-0.3, -0.25) is 9.58 Å². The lowest BCUT2D eigenvalue weighted by molar-refractivity contribution is 0.226. The zero-order valence-corrected chi connectivity index (χ0v) is 17.5. The summed E-state index contributed by atoms with van der Waals surface area (Å²) in [5.41, 5.74) is 12.8. The highest BCUT2D eigenvalue weighted by Crippen LogP contribution is 2.47. The van der Waals surface area contributed by atoms with E-state index in [1.54, 1.807) is 17.9 Å². The molecule has 3 unspecified atom stereocenters. The summed E-state index contributed by atoms with van der Waals surface area (Å²) in [5, 5.41) is 14.5. The van der Waals surface area contributed by atoms with Crippen LogP contribution >= 0.6 is 0 Å². The van der Waals surface area contributed by atoms with Crippen molar-refractivity contribution >= 4 is 5.82 Å². The summed E-state index contributed by atoms with van der Waals surface area (Å²) in [4.78, 5) is 6.71. The monoisotopic (exact) mass is 400 g/mol. The number of benzene rings is 1. The van der Waals surface area contributed by atoms with Gasteiger partial charge in [-0.2, -0.15) is 10.4 Å². The van der Waals surface area contributed by atoms with E-state index in [-0.39, 0.29) is 6.10 Å². The van der Waals surface area contributed by atoms with E-state index in [1.165, 1.54) is 16.7 Å². The van der Waals surface area contributed by atoms with Gasteiger partial charge < -0.3 is 10.5 Å². The number of nitrogen functional groups attached to an aromatic ring is 1. The molecule has 0 aliphatic carbocycles. The first-order valence-electron chi connectivity index (χ1n) is 10.1. The zero-order chi connectivity index (χ0) is 21.2. The minimum atomic E-state index is -0.183. The van der Waals surface area contributed by atoms with Gasteiger partial charge in [0.05, 0.1) is 11.7 Å². The summed E-state index contributed by atoms with van der Waals surface area (Å²) in [6, 6.07) is 11.3. The Morgan fingerprint density at radius 3 is 2.80 bits per heavy atom. The summed E-state index contributed by atoms with van der Waals surface area (Å²) in [6.07, 6.45) is 2.28. The number of pyridine rings is 1. The number of nitrogens with two attached hydrogens (primary N) is 1. The van der Waals surface area contributed by atoms with Crippen LogP contribution in [0.1, 0.15) is 47.1 Å². The quantitative estimate of drug-likeness (QED) is 0.582. The predicted molar refractivity (Wildman–Crippen MR) is 114 cm³/mol. The SMILES string of the molecule is Cc1ccc2c(c1)[C@@H](C)Oc1cc(cnc1N)-c1c(nn(C)c1C#N)CC1C2N1C. The molecule has 1 aromatic carbocycles. The molecule has 0 spiro atoms. The number of rotatable bonds is 0. The molecule has 3 aromatic rings. The summed E-state index contributed by atoms with van der Waals surface area (Å²) in [6.45, 7) is 4.14. The third-order valence-corrected chi connectivity index (χ3v) is 6.34. The third-order valence-electron chi connectivity index (χ3n) is 6.34. The van der Waals surface area contributed by atoms with Crippen molar-refractivity contribution < 1.29 is 4.74 Å². The van der Waals surface area contributed by atoms with Gasteiger partial charge in [-0.1, -0.05) is 23.8 Å². The van der Waals surface area contributed by atoms with Crippen LogP contribution in [0.4, 0.5) is 5.82 Å². The number of nitrogens with zero attached hydrogens (tertiary/aromatic N) is 5. The second-order valence-electron chi connectivity index (χ2n) is 8.29. The molecule has 2 N–H and O–H groups in total. The number of nitriles is 1. The molecule has 2 aliphatic heterocycles. The smallest absolute Gasteiger partial charge is 0.166 e. The van der Waals surface area contributed by atoms with Crippen molar-refractivity contribution in [3.8, 4) is 22.9 Å². The van der Waals surface area contributed by atoms with E-state index in [0.29, 0.717) is 29.3 Å².